The quantitative estimate of drug-likeness (QED) is 0.723. The summed E-state index contributed by atoms with van der Waals surface area (Å²) in [5.41, 5.74) is 2.95. The van der Waals surface area contributed by atoms with Crippen molar-refractivity contribution in [2.45, 2.75) is 12.8 Å². The molecule has 1 saturated heterocycles. The van der Waals surface area contributed by atoms with Crippen molar-refractivity contribution >= 4 is 16.9 Å². The van der Waals surface area contributed by atoms with Crippen molar-refractivity contribution in [3.05, 3.63) is 36.7 Å². The van der Waals surface area contributed by atoms with Crippen LogP contribution >= 0.6 is 0 Å². The number of pyridine rings is 1. The van der Waals surface area contributed by atoms with Gasteiger partial charge in [-0.2, -0.15) is 0 Å². The van der Waals surface area contributed by atoms with Crippen LogP contribution in [0.25, 0.3) is 22.3 Å². The first-order valence-corrected chi connectivity index (χ1v) is 7.32. The minimum Gasteiger partial charge on any atom is -0.355 e. The normalized spacial score (nSPS) is 15.0. The Balaban J connectivity index is 1.74. The molecule has 0 atom stereocenters. The molecule has 5 heteroatoms. The van der Waals surface area contributed by atoms with Crippen LogP contribution in [-0.4, -0.2) is 32.8 Å². The average molecular weight is 279 g/mol. The molecular formula is C16H17N5. The van der Waals surface area contributed by atoms with Gasteiger partial charge in [0.15, 0.2) is 5.82 Å². The van der Waals surface area contributed by atoms with Gasteiger partial charge in [-0.1, -0.05) is 0 Å². The molecule has 0 saturated carbocycles. The largest absolute Gasteiger partial charge is 0.355 e. The van der Waals surface area contributed by atoms with Gasteiger partial charge in [-0.05, 0) is 37.1 Å². The molecule has 0 radical (unpaired) electrons. The SMILES string of the molecule is Cn1ccc2c(-c3ccc(N4CCCC4)nn3)ccnc21. The molecule has 0 spiro atoms. The number of fused-ring (bicyclic) bond motifs is 1. The van der Waals surface area contributed by atoms with Crippen molar-refractivity contribution in [1.82, 2.24) is 19.7 Å². The van der Waals surface area contributed by atoms with Crippen molar-refractivity contribution in [2.75, 3.05) is 18.0 Å². The van der Waals surface area contributed by atoms with E-state index in [1.54, 1.807) is 0 Å². The van der Waals surface area contributed by atoms with E-state index in [1.807, 2.05) is 30.1 Å². The molecule has 21 heavy (non-hydrogen) atoms. The third-order valence-electron chi connectivity index (χ3n) is 4.12. The second-order valence-electron chi connectivity index (χ2n) is 5.49. The maximum Gasteiger partial charge on any atom is 0.151 e. The Morgan fingerprint density at radius 1 is 1.00 bits per heavy atom. The van der Waals surface area contributed by atoms with Gasteiger partial charge in [0.05, 0.1) is 5.69 Å². The molecule has 3 aromatic rings. The lowest BCUT2D eigenvalue weighted by Crippen LogP contribution is -2.19. The van der Waals surface area contributed by atoms with E-state index in [2.05, 4.69) is 38.3 Å². The molecule has 0 aliphatic carbocycles. The topological polar surface area (TPSA) is 46.8 Å². The van der Waals surface area contributed by atoms with Crippen molar-refractivity contribution in [2.24, 2.45) is 7.05 Å². The molecule has 0 aromatic carbocycles. The summed E-state index contributed by atoms with van der Waals surface area (Å²) in [6, 6.07) is 8.21. The van der Waals surface area contributed by atoms with Gasteiger partial charge in [0.25, 0.3) is 0 Å². The fourth-order valence-electron chi connectivity index (χ4n) is 2.97. The Labute approximate surface area is 123 Å². The van der Waals surface area contributed by atoms with Crippen LogP contribution in [0.15, 0.2) is 36.7 Å². The van der Waals surface area contributed by atoms with Crippen molar-refractivity contribution < 1.29 is 0 Å². The van der Waals surface area contributed by atoms with Gasteiger partial charge in [0, 0.05) is 43.5 Å². The summed E-state index contributed by atoms with van der Waals surface area (Å²) >= 11 is 0. The van der Waals surface area contributed by atoms with Crippen LogP contribution in [0.4, 0.5) is 5.82 Å². The Hall–Kier alpha value is -2.43. The second-order valence-corrected chi connectivity index (χ2v) is 5.49. The van der Waals surface area contributed by atoms with Gasteiger partial charge in [0.1, 0.15) is 5.65 Å². The third-order valence-corrected chi connectivity index (χ3v) is 4.12. The van der Waals surface area contributed by atoms with Crippen LogP contribution in [0.1, 0.15) is 12.8 Å². The maximum absolute atomic E-state index is 4.42. The van der Waals surface area contributed by atoms with E-state index >= 15 is 0 Å². The summed E-state index contributed by atoms with van der Waals surface area (Å²) < 4.78 is 2.02. The monoisotopic (exact) mass is 279 g/mol. The molecule has 1 fully saturated rings. The number of hydrogen-bond donors (Lipinski definition) is 0. The molecule has 4 heterocycles. The van der Waals surface area contributed by atoms with E-state index in [0.29, 0.717) is 0 Å². The van der Waals surface area contributed by atoms with E-state index in [4.69, 9.17) is 0 Å². The summed E-state index contributed by atoms with van der Waals surface area (Å²) in [4.78, 5) is 6.71. The lowest BCUT2D eigenvalue weighted by molar-refractivity contribution is 0.896. The van der Waals surface area contributed by atoms with E-state index in [1.165, 1.54) is 12.8 Å². The highest BCUT2D eigenvalue weighted by atomic mass is 15.3. The number of rotatable bonds is 2. The molecule has 0 N–H and O–H groups in total. The van der Waals surface area contributed by atoms with Crippen molar-refractivity contribution in [3.8, 4) is 11.3 Å². The van der Waals surface area contributed by atoms with E-state index in [0.717, 1.165) is 41.2 Å². The zero-order valence-electron chi connectivity index (χ0n) is 12.0. The Kier molecular flexibility index (Phi) is 2.84. The predicted octanol–water partition coefficient (Wildman–Crippen LogP) is 2.63. The summed E-state index contributed by atoms with van der Waals surface area (Å²) in [6.07, 6.45) is 6.35. The summed E-state index contributed by atoms with van der Waals surface area (Å²) in [7, 11) is 2.00. The molecule has 0 unspecified atom stereocenters. The van der Waals surface area contributed by atoms with Crippen LogP contribution in [0.5, 0.6) is 0 Å². The van der Waals surface area contributed by atoms with Gasteiger partial charge in [-0.15, -0.1) is 10.2 Å². The minimum absolute atomic E-state index is 0.900. The molecule has 0 bridgehead atoms. The zero-order valence-corrected chi connectivity index (χ0v) is 12.0. The first-order chi connectivity index (χ1) is 10.3. The van der Waals surface area contributed by atoms with Crippen LogP contribution in [0.3, 0.4) is 0 Å². The van der Waals surface area contributed by atoms with E-state index in [-0.39, 0.29) is 0 Å². The summed E-state index contributed by atoms with van der Waals surface area (Å²) in [5.74, 6) is 0.981. The average Bonchev–Trinajstić information content (AvgIpc) is 3.18. The number of anilines is 1. The smallest absolute Gasteiger partial charge is 0.151 e. The highest BCUT2D eigenvalue weighted by Gasteiger charge is 2.14. The van der Waals surface area contributed by atoms with Crippen LogP contribution in [-0.2, 0) is 7.05 Å². The molecule has 3 aromatic heterocycles. The lowest BCUT2D eigenvalue weighted by atomic mass is 10.1. The number of aromatic nitrogens is 4. The van der Waals surface area contributed by atoms with Gasteiger partial charge in [-0.25, -0.2) is 4.98 Å². The summed E-state index contributed by atoms with van der Waals surface area (Å²) in [6.45, 7) is 2.18. The Bertz CT molecular complexity index is 769. The fraction of sp³-hybridized carbons (Fsp3) is 0.312. The Morgan fingerprint density at radius 3 is 2.62 bits per heavy atom. The molecule has 0 amide bonds. The molecule has 106 valence electrons. The number of hydrogen-bond acceptors (Lipinski definition) is 4. The molecule has 5 nitrogen and oxygen atoms in total. The van der Waals surface area contributed by atoms with E-state index < -0.39 is 0 Å². The third kappa shape index (κ3) is 2.05. The highest BCUT2D eigenvalue weighted by Crippen LogP contribution is 2.27. The van der Waals surface area contributed by atoms with E-state index in [9.17, 15) is 0 Å². The second kappa shape index (κ2) is 4.84. The minimum atomic E-state index is 0.900. The van der Waals surface area contributed by atoms with Gasteiger partial charge >= 0.3 is 0 Å². The van der Waals surface area contributed by atoms with Gasteiger partial charge in [-0.3, -0.25) is 0 Å². The van der Waals surface area contributed by atoms with Gasteiger partial charge in [0.2, 0.25) is 0 Å². The maximum atomic E-state index is 4.42. The number of nitrogens with zero attached hydrogens (tertiary/aromatic N) is 5. The molecule has 1 aliphatic heterocycles. The molecule has 4 rings (SSSR count). The summed E-state index contributed by atoms with van der Waals surface area (Å²) in [5, 5.41) is 9.94. The first-order valence-electron chi connectivity index (χ1n) is 7.32. The van der Waals surface area contributed by atoms with Gasteiger partial charge < -0.3 is 9.47 Å². The zero-order chi connectivity index (χ0) is 14.2. The molecule has 1 aliphatic rings. The van der Waals surface area contributed by atoms with Crippen molar-refractivity contribution in [1.29, 1.82) is 0 Å². The predicted molar refractivity (Wildman–Crippen MR) is 83.2 cm³/mol. The van der Waals surface area contributed by atoms with Crippen molar-refractivity contribution in [3.63, 3.8) is 0 Å². The van der Waals surface area contributed by atoms with Crippen LogP contribution in [0.2, 0.25) is 0 Å². The standard InChI is InChI=1S/C16H17N5/c1-20-11-7-13-12(6-8-17-16(13)20)14-4-5-15(19-18-14)21-9-2-3-10-21/h4-8,11H,2-3,9-10H2,1H3. The van der Waals surface area contributed by atoms with Crippen LogP contribution in [0, 0.1) is 0 Å². The Morgan fingerprint density at radius 2 is 1.86 bits per heavy atom. The fourth-order valence-corrected chi connectivity index (χ4v) is 2.97. The van der Waals surface area contributed by atoms with Crippen LogP contribution < -0.4 is 4.90 Å². The molecular weight excluding hydrogens is 262 g/mol. The first kappa shape index (κ1) is 12.3. The highest BCUT2D eigenvalue weighted by molar-refractivity contribution is 5.92. The lowest BCUT2D eigenvalue weighted by Gasteiger charge is -2.15. The number of aryl methyl sites for hydroxylation is 1.